The van der Waals surface area contributed by atoms with Crippen LogP contribution in [0.2, 0.25) is 0 Å². The zero-order chi connectivity index (χ0) is 11.1. The first-order chi connectivity index (χ1) is 7.75. The Balaban J connectivity index is 1.75. The number of benzene rings is 1. The summed E-state index contributed by atoms with van der Waals surface area (Å²) in [5.41, 5.74) is 2.83. The highest BCUT2D eigenvalue weighted by Crippen LogP contribution is 2.49. The third-order valence-corrected chi connectivity index (χ3v) is 4.30. The maximum Gasteiger partial charge on any atom is 0.0361 e. The van der Waals surface area contributed by atoms with Gasteiger partial charge in [0.2, 0.25) is 0 Å². The van der Waals surface area contributed by atoms with Crippen molar-refractivity contribution in [3.8, 4) is 0 Å². The van der Waals surface area contributed by atoms with Crippen LogP contribution in [0.25, 0.3) is 0 Å². The standard InChI is InChI=1S/C14H20N2/c1-16(2)12-5-3-10(4-6-12)13-7-11-8-15-9-14(11)13/h3-6,11,13-15H,7-9H2,1-2H3. The van der Waals surface area contributed by atoms with Crippen molar-refractivity contribution in [3.05, 3.63) is 29.8 Å². The molecule has 2 nitrogen and oxygen atoms in total. The van der Waals surface area contributed by atoms with E-state index in [1.54, 1.807) is 0 Å². The van der Waals surface area contributed by atoms with Crippen LogP contribution in [0.1, 0.15) is 17.9 Å². The highest BCUT2D eigenvalue weighted by Gasteiger charge is 2.44. The van der Waals surface area contributed by atoms with Crippen molar-refractivity contribution in [2.24, 2.45) is 11.8 Å². The number of rotatable bonds is 2. The smallest absolute Gasteiger partial charge is 0.0361 e. The second-order valence-electron chi connectivity index (χ2n) is 5.41. The first-order valence-corrected chi connectivity index (χ1v) is 6.23. The van der Waals surface area contributed by atoms with E-state index in [-0.39, 0.29) is 0 Å². The molecule has 3 rings (SSSR count). The largest absolute Gasteiger partial charge is 0.378 e. The average molecular weight is 216 g/mol. The summed E-state index contributed by atoms with van der Waals surface area (Å²) in [6.07, 6.45) is 1.39. The lowest BCUT2D eigenvalue weighted by Gasteiger charge is -2.40. The quantitative estimate of drug-likeness (QED) is 0.814. The number of nitrogens with zero attached hydrogens (tertiary/aromatic N) is 1. The van der Waals surface area contributed by atoms with Crippen LogP contribution in [-0.2, 0) is 0 Å². The normalized spacial score (nSPS) is 32.0. The Kier molecular flexibility index (Phi) is 2.40. The van der Waals surface area contributed by atoms with E-state index in [0.29, 0.717) is 0 Å². The molecule has 86 valence electrons. The molecule has 1 heterocycles. The van der Waals surface area contributed by atoms with Gasteiger partial charge in [0.1, 0.15) is 0 Å². The van der Waals surface area contributed by atoms with Gasteiger partial charge in [-0.2, -0.15) is 0 Å². The van der Waals surface area contributed by atoms with Gasteiger partial charge in [-0.3, -0.25) is 0 Å². The molecule has 2 fully saturated rings. The van der Waals surface area contributed by atoms with E-state index >= 15 is 0 Å². The van der Waals surface area contributed by atoms with Gasteiger partial charge < -0.3 is 10.2 Å². The molecule has 0 aromatic heterocycles. The molecule has 1 aromatic carbocycles. The predicted molar refractivity (Wildman–Crippen MR) is 68.0 cm³/mol. The van der Waals surface area contributed by atoms with Crippen molar-refractivity contribution in [3.63, 3.8) is 0 Å². The Morgan fingerprint density at radius 2 is 1.88 bits per heavy atom. The first kappa shape index (κ1) is 10.2. The molecule has 1 aliphatic heterocycles. The number of fused-ring (bicyclic) bond motifs is 1. The van der Waals surface area contributed by atoms with Crippen molar-refractivity contribution in [1.82, 2.24) is 5.32 Å². The highest BCUT2D eigenvalue weighted by molar-refractivity contribution is 5.47. The summed E-state index contributed by atoms with van der Waals surface area (Å²) in [6.45, 7) is 2.47. The minimum atomic E-state index is 0.816. The molecule has 0 spiro atoms. The van der Waals surface area contributed by atoms with Gasteiger partial charge in [0.05, 0.1) is 0 Å². The SMILES string of the molecule is CN(C)c1ccc(C2CC3CNCC32)cc1. The molecule has 0 radical (unpaired) electrons. The molecule has 0 amide bonds. The topological polar surface area (TPSA) is 15.3 Å². The first-order valence-electron chi connectivity index (χ1n) is 6.23. The van der Waals surface area contributed by atoms with Gasteiger partial charge in [-0.15, -0.1) is 0 Å². The fraction of sp³-hybridized carbons (Fsp3) is 0.571. The zero-order valence-corrected chi connectivity index (χ0v) is 10.1. The van der Waals surface area contributed by atoms with Gasteiger partial charge in [-0.05, 0) is 55.0 Å². The van der Waals surface area contributed by atoms with E-state index in [4.69, 9.17) is 0 Å². The molecule has 1 aromatic rings. The van der Waals surface area contributed by atoms with Gasteiger partial charge in [0.15, 0.2) is 0 Å². The molecule has 2 aliphatic rings. The Morgan fingerprint density at radius 1 is 1.12 bits per heavy atom. The molecule has 1 aliphatic carbocycles. The van der Waals surface area contributed by atoms with Crippen LogP contribution < -0.4 is 10.2 Å². The molecule has 1 saturated carbocycles. The molecular weight excluding hydrogens is 196 g/mol. The van der Waals surface area contributed by atoms with E-state index < -0.39 is 0 Å². The van der Waals surface area contributed by atoms with E-state index in [1.807, 2.05) is 0 Å². The maximum atomic E-state index is 3.51. The maximum absolute atomic E-state index is 3.51. The van der Waals surface area contributed by atoms with Gasteiger partial charge in [-0.25, -0.2) is 0 Å². The minimum Gasteiger partial charge on any atom is -0.378 e. The third-order valence-electron chi connectivity index (χ3n) is 4.30. The van der Waals surface area contributed by atoms with Crippen LogP contribution in [0.3, 0.4) is 0 Å². The van der Waals surface area contributed by atoms with Crippen LogP contribution in [0.5, 0.6) is 0 Å². The average Bonchev–Trinajstić information content (AvgIpc) is 2.61. The van der Waals surface area contributed by atoms with Gasteiger partial charge in [-0.1, -0.05) is 12.1 Å². The van der Waals surface area contributed by atoms with Crippen LogP contribution in [0.4, 0.5) is 5.69 Å². The predicted octanol–water partition coefficient (Wildman–Crippen LogP) is 2.08. The second-order valence-corrected chi connectivity index (χ2v) is 5.41. The van der Waals surface area contributed by atoms with E-state index in [1.165, 1.54) is 30.8 Å². The van der Waals surface area contributed by atoms with Crippen molar-refractivity contribution >= 4 is 5.69 Å². The van der Waals surface area contributed by atoms with Crippen molar-refractivity contribution in [1.29, 1.82) is 0 Å². The van der Waals surface area contributed by atoms with Crippen molar-refractivity contribution in [2.45, 2.75) is 12.3 Å². The molecule has 2 heteroatoms. The highest BCUT2D eigenvalue weighted by atomic mass is 15.1. The summed E-state index contributed by atoms with van der Waals surface area (Å²) in [5.74, 6) is 2.68. The lowest BCUT2D eigenvalue weighted by Crippen LogP contribution is -2.33. The summed E-state index contributed by atoms with van der Waals surface area (Å²) in [4.78, 5) is 2.16. The fourth-order valence-corrected chi connectivity index (χ4v) is 3.19. The fourth-order valence-electron chi connectivity index (χ4n) is 3.19. The summed E-state index contributed by atoms with van der Waals surface area (Å²) in [7, 11) is 4.19. The Morgan fingerprint density at radius 3 is 2.50 bits per heavy atom. The van der Waals surface area contributed by atoms with Crippen LogP contribution in [0.15, 0.2) is 24.3 Å². The lowest BCUT2D eigenvalue weighted by atomic mass is 9.64. The summed E-state index contributed by atoms with van der Waals surface area (Å²) >= 11 is 0. The molecular formula is C14H20N2. The third kappa shape index (κ3) is 1.52. The number of hydrogen-bond acceptors (Lipinski definition) is 2. The number of hydrogen-bond donors (Lipinski definition) is 1. The molecule has 3 unspecified atom stereocenters. The van der Waals surface area contributed by atoms with E-state index in [0.717, 1.165) is 17.8 Å². The molecule has 1 saturated heterocycles. The number of nitrogens with one attached hydrogen (secondary N) is 1. The van der Waals surface area contributed by atoms with Crippen LogP contribution in [0, 0.1) is 11.8 Å². The van der Waals surface area contributed by atoms with Crippen LogP contribution >= 0.6 is 0 Å². The Bertz CT molecular complexity index is 369. The van der Waals surface area contributed by atoms with Crippen molar-refractivity contribution in [2.75, 3.05) is 32.1 Å². The molecule has 1 N–H and O–H groups in total. The summed E-state index contributed by atoms with van der Waals surface area (Å²) in [5, 5.41) is 3.51. The molecule has 0 bridgehead atoms. The minimum absolute atomic E-state index is 0.816. The Hall–Kier alpha value is -1.02. The van der Waals surface area contributed by atoms with Gasteiger partial charge >= 0.3 is 0 Å². The zero-order valence-electron chi connectivity index (χ0n) is 10.1. The summed E-state index contributed by atoms with van der Waals surface area (Å²) < 4.78 is 0. The monoisotopic (exact) mass is 216 g/mol. The van der Waals surface area contributed by atoms with Gasteiger partial charge in [0.25, 0.3) is 0 Å². The van der Waals surface area contributed by atoms with Crippen molar-refractivity contribution < 1.29 is 0 Å². The molecule has 3 atom stereocenters. The number of anilines is 1. The Labute approximate surface area is 97.6 Å². The van der Waals surface area contributed by atoms with E-state index in [2.05, 4.69) is 48.6 Å². The second kappa shape index (κ2) is 3.77. The lowest BCUT2D eigenvalue weighted by molar-refractivity contribution is 0.191. The molecule has 16 heavy (non-hydrogen) atoms. The van der Waals surface area contributed by atoms with Crippen LogP contribution in [-0.4, -0.2) is 27.2 Å². The summed E-state index contributed by atoms with van der Waals surface area (Å²) in [6, 6.07) is 9.11. The van der Waals surface area contributed by atoms with E-state index in [9.17, 15) is 0 Å². The van der Waals surface area contributed by atoms with Gasteiger partial charge in [0, 0.05) is 19.8 Å².